The molecular weight excluding hydrogens is 300 g/mol. The molecule has 22 heavy (non-hydrogen) atoms. The first-order chi connectivity index (χ1) is 10.1. The van der Waals surface area contributed by atoms with Crippen LogP contribution in [0.1, 0.15) is 37.9 Å². The Bertz CT molecular complexity index is 529. The van der Waals surface area contributed by atoms with Crippen LogP contribution in [0.5, 0.6) is 0 Å². The number of amides is 1. The molecule has 0 aromatic heterocycles. The van der Waals surface area contributed by atoms with Gasteiger partial charge in [-0.1, -0.05) is 12.1 Å². The lowest BCUT2D eigenvalue weighted by molar-refractivity contribution is -0.118. The second-order valence-electron chi connectivity index (χ2n) is 6.36. The van der Waals surface area contributed by atoms with Gasteiger partial charge in [-0.25, -0.2) is 0 Å². The molecular formula is C17H25ClN2O2. The Morgan fingerprint density at radius 1 is 1.41 bits per heavy atom. The number of methoxy groups -OCH3 is 1. The Kier molecular flexibility index (Phi) is 5.48. The van der Waals surface area contributed by atoms with Crippen LogP contribution in [-0.4, -0.2) is 26.1 Å². The summed E-state index contributed by atoms with van der Waals surface area (Å²) < 4.78 is 5.33. The number of piperidine rings is 1. The number of benzene rings is 1. The lowest BCUT2D eigenvalue weighted by Gasteiger charge is -2.23. The summed E-state index contributed by atoms with van der Waals surface area (Å²) in [6.45, 7) is 4.10. The fourth-order valence-corrected chi connectivity index (χ4v) is 3.43. The van der Waals surface area contributed by atoms with Gasteiger partial charge >= 0.3 is 0 Å². The smallest absolute Gasteiger partial charge is 0.228 e. The fourth-order valence-electron chi connectivity index (χ4n) is 3.43. The minimum atomic E-state index is 0. The van der Waals surface area contributed by atoms with E-state index in [0.29, 0.717) is 0 Å². The third-order valence-electron chi connectivity index (χ3n) is 5.08. The van der Waals surface area contributed by atoms with E-state index in [1.54, 1.807) is 7.11 Å². The normalized spacial score (nSPS) is 23.5. The van der Waals surface area contributed by atoms with Gasteiger partial charge in [-0.3, -0.25) is 4.79 Å². The maximum Gasteiger partial charge on any atom is 0.228 e. The molecule has 1 amide bonds. The zero-order valence-electron chi connectivity index (χ0n) is 13.2. The van der Waals surface area contributed by atoms with Crippen molar-refractivity contribution >= 4 is 24.0 Å². The predicted molar refractivity (Wildman–Crippen MR) is 90.4 cm³/mol. The van der Waals surface area contributed by atoms with E-state index in [2.05, 4.69) is 10.6 Å². The van der Waals surface area contributed by atoms with Crippen molar-refractivity contribution in [1.29, 1.82) is 0 Å². The monoisotopic (exact) mass is 324 g/mol. The van der Waals surface area contributed by atoms with E-state index in [1.165, 1.54) is 0 Å². The van der Waals surface area contributed by atoms with Crippen molar-refractivity contribution in [1.82, 2.24) is 5.32 Å². The average molecular weight is 325 g/mol. The van der Waals surface area contributed by atoms with Gasteiger partial charge in [0.15, 0.2) is 0 Å². The van der Waals surface area contributed by atoms with Gasteiger partial charge in [-0.05, 0) is 62.4 Å². The third kappa shape index (κ3) is 3.45. The summed E-state index contributed by atoms with van der Waals surface area (Å²) in [6.07, 6.45) is 3.35. The molecule has 2 aliphatic rings. The van der Waals surface area contributed by atoms with Crippen LogP contribution < -0.4 is 10.6 Å². The molecule has 5 heteroatoms. The van der Waals surface area contributed by atoms with Crippen molar-refractivity contribution in [2.75, 3.05) is 25.5 Å². The van der Waals surface area contributed by atoms with Crippen LogP contribution in [0.3, 0.4) is 0 Å². The number of nitrogens with one attached hydrogen (secondary N) is 2. The van der Waals surface area contributed by atoms with E-state index >= 15 is 0 Å². The molecule has 1 aliphatic heterocycles. The molecule has 0 bridgehead atoms. The summed E-state index contributed by atoms with van der Waals surface area (Å²) >= 11 is 0. The largest absolute Gasteiger partial charge is 0.377 e. The molecule has 1 saturated heterocycles. The Morgan fingerprint density at radius 2 is 2.14 bits per heavy atom. The summed E-state index contributed by atoms with van der Waals surface area (Å²) in [5.41, 5.74) is 2.24. The van der Waals surface area contributed by atoms with Crippen LogP contribution in [-0.2, 0) is 9.53 Å². The second kappa shape index (κ2) is 6.99. The number of hydrogen-bond acceptors (Lipinski definition) is 3. The van der Waals surface area contributed by atoms with Gasteiger partial charge in [0, 0.05) is 18.7 Å². The highest BCUT2D eigenvalue weighted by Gasteiger charge is 2.57. The average Bonchev–Trinajstić information content (AvgIpc) is 3.21. The molecule has 2 N–H and O–H groups in total. The van der Waals surface area contributed by atoms with Gasteiger partial charge in [-0.15, -0.1) is 12.4 Å². The van der Waals surface area contributed by atoms with Crippen molar-refractivity contribution in [2.45, 2.75) is 32.3 Å². The van der Waals surface area contributed by atoms with Crippen molar-refractivity contribution in [3.05, 3.63) is 29.8 Å². The number of anilines is 1. The SMILES string of the molecule is COC(C)c1cccc(NC(=O)C2CC23CCNCC3)c1.Cl. The molecule has 122 valence electrons. The molecule has 4 nitrogen and oxygen atoms in total. The predicted octanol–water partition coefficient (Wildman–Crippen LogP) is 3.14. The van der Waals surface area contributed by atoms with Gasteiger partial charge in [0.1, 0.15) is 0 Å². The van der Waals surface area contributed by atoms with Crippen LogP contribution in [0.2, 0.25) is 0 Å². The first kappa shape index (κ1) is 17.3. The quantitative estimate of drug-likeness (QED) is 0.894. The number of hydrogen-bond donors (Lipinski definition) is 2. The molecule has 2 atom stereocenters. The maximum absolute atomic E-state index is 12.4. The van der Waals surface area contributed by atoms with Gasteiger partial charge in [0.2, 0.25) is 5.91 Å². The molecule has 3 rings (SSSR count). The Hall–Kier alpha value is -1.10. The van der Waals surface area contributed by atoms with Crippen molar-refractivity contribution in [3.8, 4) is 0 Å². The maximum atomic E-state index is 12.4. The molecule has 2 unspecified atom stereocenters. The summed E-state index contributed by atoms with van der Waals surface area (Å²) in [7, 11) is 1.70. The topological polar surface area (TPSA) is 50.4 Å². The minimum Gasteiger partial charge on any atom is -0.377 e. The van der Waals surface area contributed by atoms with Gasteiger partial charge in [0.05, 0.1) is 6.10 Å². The van der Waals surface area contributed by atoms with Crippen LogP contribution in [0, 0.1) is 11.3 Å². The molecule has 1 heterocycles. The lowest BCUT2D eigenvalue weighted by atomic mass is 9.92. The van der Waals surface area contributed by atoms with Crippen molar-refractivity contribution < 1.29 is 9.53 Å². The van der Waals surface area contributed by atoms with Crippen molar-refractivity contribution in [3.63, 3.8) is 0 Å². The summed E-state index contributed by atoms with van der Waals surface area (Å²) in [6, 6.07) is 7.94. The second-order valence-corrected chi connectivity index (χ2v) is 6.36. The number of ether oxygens (including phenoxy) is 1. The Labute approximate surface area is 138 Å². The van der Waals surface area contributed by atoms with Crippen LogP contribution >= 0.6 is 12.4 Å². The standard InChI is InChI=1S/C17H24N2O2.ClH/c1-12(21-2)13-4-3-5-14(10-13)19-16(20)15-11-17(15)6-8-18-9-7-17;/h3-5,10,12,15,18H,6-9,11H2,1-2H3,(H,19,20);1H. The van der Waals surface area contributed by atoms with E-state index in [9.17, 15) is 4.79 Å². The molecule has 1 aromatic carbocycles. The van der Waals surface area contributed by atoms with E-state index in [0.717, 1.165) is 43.6 Å². The van der Waals surface area contributed by atoms with E-state index in [1.807, 2.05) is 31.2 Å². The summed E-state index contributed by atoms with van der Waals surface area (Å²) in [4.78, 5) is 12.4. The number of halogens is 1. The zero-order valence-corrected chi connectivity index (χ0v) is 14.0. The van der Waals surface area contributed by atoms with Gasteiger partial charge in [-0.2, -0.15) is 0 Å². The third-order valence-corrected chi connectivity index (χ3v) is 5.08. The summed E-state index contributed by atoms with van der Waals surface area (Å²) in [5.74, 6) is 0.377. The van der Waals surface area contributed by atoms with Crippen molar-refractivity contribution in [2.24, 2.45) is 11.3 Å². The number of rotatable bonds is 4. The van der Waals surface area contributed by atoms with E-state index < -0.39 is 0 Å². The van der Waals surface area contributed by atoms with Gasteiger partial charge < -0.3 is 15.4 Å². The lowest BCUT2D eigenvalue weighted by Crippen LogP contribution is -2.31. The van der Waals surface area contributed by atoms with Crippen LogP contribution in [0.25, 0.3) is 0 Å². The van der Waals surface area contributed by atoms with Gasteiger partial charge in [0.25, 0.3) is 0 Å². The Morgan fingerprint density at radius 3 is 2.82 bits per heavy atom. The minimum absolute atomic E-state index is 0. The highest BCUT2D eigenvalue weighted by atomic mass is 35.5. The first-order valence-electron chi connectivity index (χ1n) is 7.79. The zero-order chi connectivity index (χ0) is 14.9. The molecule has 1 aromatic rings. The first-order valence-corrected chi connectivity index (χ1v) is 7.79. The number of carbonyl (C=O) groups excluding carboxylic acids is 1. The molecule has 1 spiro atoms. The highest BCUT2D eigenvalue weighted by molar-refractivity contribution is 5.95. The van der Waals surface area contributed by atoms with Crippen LogP contribution in [0.15, 0.2) is 24.3 Å². The molecule has 2 fully saturated rings. The molecule has 1 aliphatic carbocycles. The number of carbonyl (C=O) groups is 1. The summed E-state index contributed by atoms with van der Waals surface area (Å²) in [5, 5.41) is 6.45. The van der Waals surface area contributed by atoms with E-state index in [-0.39, 0.29) is 35.8 Å². The fraction of sp³-hybridized carbons (Fsp3) is 0.588. The van der Waals surface area contributed by atoms with E-state index in [4.69, 9.17) is 4.74 Å². The van der Waals surface area contributed by atoms with Crippen LogP contribution in [0.4, 0.5) is 5.69 Å². The molecule has 0 radical (unpaired) electrons. The molecule has 1 saturated carbocycles. The Balaban J connectivity index is 0.00000176. The highest BCUT2D eigenvalue weighted by Crippen LogP contribution is 2.58.